The summed E-state index contributed by atoms with van der Waals surface area (Å²) in [6.07, 6.45) is 0.676. The summed E-state index contributed by atoms with van der Waals surface area (Å²) >= 11 is 0. The summed E-state index contributed by atoms with van der Waals surface area (Å²) in [5.41, 5.74) is 1.59. The van der Waals surface area contributed by atoms with Gasteiger partial charge in [-0.1, -0.05) is 13.0 Å². The third kappa shape index (κ3) is 1.90. The summed E-state index contributed by atoms with van der Waals surface area (Å²) in [5.74, 6) is -0.861. The summed E-state index contributed by atoms with van der Waals surface area (Å²) < 4.78 is 24.3. The van der Waals surface area contributed by atoms with E-state index in [0.717, 1.165) is 5.56 Å². The van der Waals surface area contributed by atoms with Crippen LogP contribution in [0.5, 0.6) is 0 Å². The molecule has 2 nitrogen and oxygen atoms in total. The van der Waals surface area contributed by atoms with Crippen molar-refractivity contribution in [2.75, 3.05) is 13.2 Å². The Labute approximate surface area is 89.0 Å². The highest BCUT2D eigenvalue weighted by Gasteiger charge is 2.33. The molecule has 1 aliphatic rings. The number of aryl methyl sites for hydroxylation is 1. The van der Waals surface area contributed by atoms with Gasteiger partial charge in [0, 0.05) is 5.56 Å². The van der Waals surface area contributed by atoms with Gasteiger partial charge in [0.25, 0.3) is 0 Å². The molecule has 0 atom stereocenters. The van der Waals surface area contributed by atoms with Crippen LogP contribution >= 0.6 is 0 Å². The average molecular weight is 210 g/mol. The van der Waals surface area contributed by atoms with Crippen molar-refractivity contribution in [2.24, 2.45) is 0 Å². The number of hydrogen-bond acceptors (Lipinski definition) is 2. The average Bonchev–Trinajstić information content (AvgIpc) is 2.67. The van der Waals surface area contributed by atoms with E-state index in [1.165, 1.54) is 6.07 Å². The van der Waals surface area contributed by atoms with Crippen molar-refractivity contribution in [3.8, 4) is 0 Å². The molecule has 3 heteroatoms. The third-order valence-corrected chi connectivity index (χ3v) is 2.79. The lowest BCUT2D eigenvalue weighted by Gasteiger charge is -2.23. The molecule has 1 heterocycles. The monoisotopic (exact) mass is 210 g/mol. The van der Waals surface area contributed by atoms with Crippen molar-refractivity contribution in [2.45, 2.75) is 26.1 Å². The van der Waals surface area contributed by atoms with E-state index in [-0.39, 0.29) is 5.82 Å². The van der Waals surface area contributed by atoms with Crippen molar-refractivity contribution < 1.29 is 13.9 Å². The number of halogens is 1. The van der Waals surface area contributed by atoms with Crippen LogP contribution in [-0.4, -0.2) is 13.2 Å². The second-order valence-corrected chi connectivity index (χ2v) is 3.80. The lowest BCUT2D eigenvalue weighted by atomic mass is 10.0. The van der Waals surface area contributed by atoms with Gasteiger partial charge in [0.05, 0.1) is 13.2 Å². The summed E-state index contributed by atoms with van der Waals surface area (Å²) in [5, 5.41) is 0. The van der Waals surface area contributed by atoms with Gasteiger partial charge in [-0.3, -0.25) is 0 Å². The standard InChI is InChI=1S/C12H15FO2/c1-3-9-8-10(4-5-11(9)13)12(2)14-6-7-15-12/h4-5,8H,3,6-7H2,1-2H3. The molecule has 0 bridgehead atoms. The summed E-state index contributed by atoms with van der Waals surface area (Å²) in [4.78, 5) is 0. The predicted molar refractivity (Wildman–Crippen MR) is 55.0 cm³/mol. The number of ether oxygens (including phenoxy) is 2. The SMILES string of the molecule is CCc1cc(C2(C)OCCO2)ccc1F. The molecule has 0 radical (unpaired) electrons. The van der Waals surface area contributed by atoms with Crippen LogP contribution in [0, 0.1) is 5.82 Å². The van der Waals surface area contributed by atoms with E-state index < -0.39 is 5.79 Å². The molecule has 1 saturated heterocycles. The van der Waals surface area contributed by atoms with Gasteiger partial charge in [0.15, 0.2) is 5.79 Å². The maximum atomic E-state index is 13.3. The zero-order chi connectivity index (χ0) is 10.9. The highest BCUT2D eigenvalue weighted by atomic mass is 19.1. The maximum absolute atomic E-state index is 13.3. The van der Waals surface area contributed by atoms with Crippen LogP contribution in [0.3, 0.4) is 0 Å². The molecule has 0 unspecified atom stereocenters. The minimum atomic E-state index is -0.697. The van der Waals surface area contributed by atoms with Gasteiger partial charge in [0.1, 0.15) is 5.82 Å². The fourth-order valence-electron chi connectivity index (χ4n) is 1.81. The molecule has 1 aliphatic heterocycles. The molecular weight excluding hydrogens is 195 g/mol. The van der Waals surface area contributed by atoms with Crippen LogP contribution in [0.2, 0.25) is 0 Å². The van der Waals surface area contributed by atoms with Gasteiger partial charge in [-0.15, -0.1) is 0 Å². The molecule has 0 amide bonds. The lowest BCUT2D eigenvalue weighted by molar-refractivity contribution is -0.149. The molecular formula is C12H15FO2. The van der Waals surface area contributed by atoms with Crippen LogP contribution < -0.4 is 0 Å². The lowest BCUT2D eigenvalue weighted by Crippen LogP contribution is -2.22. The van der Waals surface area contributed by atoms with Crippen LogP contribution in [0.4, 0.5) is 4.39 Å². The van der Waals surface area contributed by atoms with Gasteiger partial charge < -0.3 is 9.47 Å². The number of benzene rings is 1. The molecule has 0 aromatic heterocycles. The molecule has 0 N–H and O–H groups in total. The van der Waals surface area contributed by atoms with Gasteiger partial charge in [0.2, 0.25) is 0 Å². The molecule has 0 saturated carbocycles. The van der Waals surface area contributed by atoms with Gasteiger partial charge in [-0.2, -0.15) is 0 Å². The summed E-state index contributed by atoms with van der Waals surface area (Å²) in [6, 6.07) is 5.02. The van der Waals surface area contributed by atoms with Crippen molar-refractivity contribution in [1.29, 1.82) is 0 Å². The first kappa shape index (κ1) is 10.6. The Hall–Kier alpha value is -0.930. The van der Waals surface area contributed by atoms with E-state index >= 15 is 0 Å². The van der Waals surface area contributed by atoms with E-state index in [2.05, 4.69) is 0 Å². The summed E-state index contributed by atoms with van der Waals surface area (Å²) in [7, 11) is 0. The Bertz CT molecular complexity index is 357. The Morgan fingerprint density at radius 1 is 1.33 bits per heavy atom. The molecule has 2 rings (SSSR count). The number of hydrogen-bond donors (Lipinski definition) is 0. The minimum Gasteiger partial charge on any atom is -0.344 e. The normalized spacial score (nSPS) is 19.4. The smallest absolute Gasteiger partial charge is 0.192 e. The predicted octanol–water partition coefficient (Wildman–Crippen LogP) is 2.61. The van der Waals surface area contributed by atoms with Crippen LogP contribution in [0.25, 0.3) is 0 Å². The topological polar surface area (TPSA) is 18.5 Å². The molecule has 15 heavy (non-hydrogen) atoms. The van der Waals surface area contributed by atoms with Crippen LogP contribution in [0.15, 0.2) is 18.2 Å². The zero-order valence-electron chi connectivity index (χ0n) is 9.05. The van der Waals surface area contributed by atoms with E-state index in [4.69, 9.17) is 9.47 Å². The quantitative estimate of drug-likeness (QED) is 0.747. The van der Waals surface area contributed by atoms with E-state index in [0.29, 0.717) is 25.2 Å². The Kier molecular flexibility index (Phi) is 2.76. The fourth-order valence-corrected chi connectivity index (χ4v) is 1.81. The minimum absolute atomic E-state index is 0.164. The van der Waals surface area contributed by atoms with Gasteiger partial charge in [-0.25, -0.2) is 4.39 Å². The van der Waals surface area contributed by atoms with Gasteiger partial charge >= 0.3 is 0 Å². The van der Waals surface area contributed by atoms with Crippen LogP contribution in [0.1, 0.15) is 25.0 Å². The Morgan fingerprint density at radius 3 is 2.60 bits per heavy atom. The zero-order valence-corrected chi connectivity index (χ0v) is 9.05. The molecule has 82 valence electrons. The highest BCUT2D eigenvalue weighted by molar-refractivity contribution is 5.28. The number of rotatable bonds is 2. The Balaban J connectivity index is 2.36. The van der Waals surface area contributed by atoms with E-state index in [9.17, 15) is 4.39 Å². The molecule has 0 aliphatic carbocycles. The van der Waals surface area contributed by atoms with Crippen LogP contribution in [-0.2, 0) is 21.7 Å². The summed E-state index contributed by atoms with van der Waals surface area (Å²) in [6.45, 7) is 4.98. The van der Waals surface area contributed by atoms with E-state index in [1.54, 1.807) is 6.07 Å². The fraction of sp³-hybridized carbons (Fsp3) is 0.500. The highest BCUT2D eigenvalue weighted by Crippen LogP contribution is 2.31. The van der Waals surface area contributed by atoms with E-state index in [1.807, 2.05) is 19.9 Å². The second kappa shape index (κ2) is 3.91. The second-order valence-electron chi connectivity index (χ2n) is 3.80. The first-order valence-electron chi connectivity index (χ1n) is 5.22. The van der Waals surface area contributed by atoms with Crippen molar-refractivity contribution in [3.63, 3.8) is 0 Å². The largest absolute Gasteiger partial charge is 0.344 e. The van der Waals surface area contributed by atoms with Crippen molar-refractivity contribution >= 4 is 0 Å². The molecule has 1 aromatic rings. The molecule has 1 fully saturated rings. The maximum Gasteiger partial charge on any atom is 0.192 e. The van der Waals surface area contributed by atoms with Gasteiger partial charge in [-0.05, 0) is 31.0 Å². The molecule has 0 spiro atoms. The molecule has 1 aromatic carbocycles. The van der Waals surface area contributed by atoms with Crippen molar-refractivity contribution in [1.82, 2.24) is 0 Å². The Morgan fingerprint density at radius 2 is 2.00 bits per heavy atom. The first-order chi connectivity index (χ1) is 7.15. The third-order valence-electron chi connectivity index (χ3n) is 2.79. The van der Waals surface area contributed by atoms with Crippen molar-refractivity contribution in [3.05, 3.63) is 35.1 Å². The first-order valence-corrected chi connectivity index (χ1v) is 5.22.